The van der Waals surface area contributed by atoms with Crippen molar-refractivity contribution in [3.05, 3.63) is 11.6 Å². The van der Waals surface area contributed by atoms with Gasteiger partial charge < -0.3 is 10.2 Å². The average molecular weight is 234 g/mol. The molecule has 4 amide bonds. The molecule has 2 aliphatic heterocycles. The fourth-order valence-electron chi connectivity index (χ4n) is 1.95. The van der Waals surface area contributed by atoms with Gasteiger partial charge in [0.2, 0.25) is 5.91 Å². The smallest absolute Gasteiger partial charge is 0.327 e. The van der Waals surface area contributed by atoms with E-state index in [1.807, 2.05) is 0 Å². The second kappa shape index (κ2) is 3.59. The van der Waals surface area contributed by atoms with E-state index in [9.17, 15) is 14.4 Å². The standard InChI is InChI=1S/C10H10N4O3/c1-13-7-6(9(16)14(2)10(13)17)3-5(4-11)8(15)12-7/h3,6-7H,1-2H3,(H,12,15). The molecule has 2 atom stereocenters. The van der Waals surface area contributed by atoms with Crippen molar-refractivity contribution in [1.29, 1.82) is 5.26 Å². The van der Waals surface area contributed by atoms with E-state index in [2.05, 4.69) is 5.32 Å². The van der Waals surface area contributed by atoms with Gasteiger partial charge in [0.25, 0.3) is 5.91 Å². The van der Waals surface area contributed by atoms with Crippen molar-refractivity contribution in [2.45, 2.75) is 6.17 Å². The van der Waals surface area contributed by atoms with Gasteiger partial charge in [-0.15, -0.1) is 0 Å². The molecule has 7 heteroatoms. The Labute approximate surface area is 97.3 Å². The largest absolute Gasteiger partial charge is 0.330 e. The van der Waals surface area contributed by atoms with E-state index in [0.29, 0.717) is 0 Å². The lowest BCUT2D eigenvalue weighted by molar-refractivity contribution is -0.137. The van der Waals surface area contributed by atoms with Crippen LogP contribution >= 0.6 is 0 Å². The van der Waals surface area contributed by atoms with Crippen molar-refractivity contribution in [3.63, 3.8) is 0 Å². The maximum Gasteiger partial charge on any atom is 0.327 e. The molecule has 0 spiro atoms. The van der Waals surface area contributed by atoms with Crippen molar-refractivity contribution >= 4 is 17.8 Å². The van der Waals surface area contributed by atoms with Crippen LogP contribution in [-0.4, -0.2) is 47.9 Å². The molecule has 1 N–H and O–H groups in total. The van der Waals surface area contributed by atoms with Gasteiger partial charge in [-0.05, 0) is 6.08 Å². The molecule has 2 aliphatic rings. The zero-order chi connectivity index (χ0) is 12.7. The number of imide groups is 1. The summed E-state index contributed by atoms with van der Waals surface area (Å²) in [4.78, 5) is 37.2. The van der Waals surface area contributed by atoms with Crippen LogP contribution in [-0.2, 0) is 9.59 Å². The van der Waals surface area contributed by atoms with Crippen LogP contribution in [0.1, 0.15) is 0 Å². The summed E-state index contributed by atoms with van der Waals surface area (Å²) in [6.45, 7) is 0. The lowest BCUT2D eigenvalue weighted by Gasteiger charge is -2.42. The molecular weight excluding hydrogens is 224 g/mol. The van der Waals surface area contributed by atoms with Gasteiger partial charge in [-0.3, -0.25) is 14.5 Å². The Balaban J connectivity index is 2.45. The third-order valence-electron chi connectivity index (χ3n) is 2.95. The molecule has 0 saturated carbocycles. The molecule has 2 rings (SSSR count). The lowest BCUT2D eigenvalue weighted by atomic mass is 9.94. The first kappa shape index (κ1) is 11.1. The molecule has 0 aromatic carbocycles. The second-order valence-corrected chi connectivity index (χ2v) is 3.93. The molecule has 2 unspecified atom stereocenters. The van der Waals surface area contributed by atoms with Gasteiger partial charge in [-0.25, -0.2) is 4.79 Å². The summed E-state index contributed by atoms with van der Waals surface area (Å²) < 4.78 is 0. The second-order valence-electron chi connectivity index (χ2n) is 3.93. The van der Waals surface area contributed by atoms with Crippen LogP contribution in [0.2, 0.25) is 0 Å². The molecule has 0 bridgehead atoms. The zero-order valence-electron chi connectivity index (χ0n) is 9.30. The number of amides is 4. The number of hydrogen-bond acceptors (Lipinski definition) is 4. The molecule has 1 saturated heterocycles. The van der Waals surface area contributed by atoms with Crippen molar-refractivity contribution in [2.24, 2.45) is 5.92 Å². The summed E-state index contributed by atoms with van der Waals surface area (Å²) in [6, 6.07) is 1.24. The molecular formula is C10H10N4O3. The predicted molar refractivity (Wildman–Crippen MR) is 55.0 cm³/mol. The molecule has 17 heavy (non-hydrogen) atoms. The van der Waals surface area contributed by atoms with Crippen LogP contribution in [0.3, 0.4) is 0 Å². The van der Waals surface area contributed by atoms with Crippen LogP contribution in [0.5, 0.6) is 0 Å². The predicted octanol–water partition coefficient (Wildman–Crippen LogP) is -0.968. The summed E-state index contributed by atoms with van der Waals surface area (Å²) >= 11 is 0. The molecule has 88 valence electrons. The normalized spacial score (nSPS) is 28.3. The Morgan fingerprint density at radius 3 is 2.59 bits per heavy atom. The molecule has 0 aliphatic carbocycles. The Bertz CT molecular complexity index is 490. The number of nitrogens with zero attached hydrogens (tertiary/aromatic N) is 3. The number of fused-ring (bicyclic) bond motifs is 1. The van der Waals surface area contributed by atoms with Crippen molar-refractivity contribution in [1.82, 2.24) is 15.1 Å². The number of rotatable bonds is 0. The SMILES string of the molecule is CN1C(=O)C2C=C(C#N)C(=O)NC2N(C)C1=O. The minimum absolute atomic E-state index is 0.101. The summed E-state index contributed by atoms with van der Waals surface area (Å²) in [5.41, 5.74) is -0.101. The van der Waals surface area contributed by atoms with Gasteiger partial charge in [0.05, 0.1) is 5.92 Å². The third-order valence-corrected chi connectivity index (χ3v) is 2.95. The van der Waals surface area contributed by atoms with Gasteiger partial charge >= 0.3 is 6.03 Å². The van der Waals surface area contributed by atoms with Crippen LogP contribution in [0, 0.1) is 17.2 Å². The maximum absolute atomic E-state index is 11.9. The number of carbonyl (C=O) groups is 3. The van der Waals surface area contributed by atoms with E-state index in [0.717, 1.165) is 4.90 Å². The van der Waals surface area contributed by atoms with Gasteiger partial charge in [-0.2, -0.15) is 5.26 Å². The highest BCUT2D eigenvalue weighted by atomic mass is 16.2. The molecule has 1 fully saturated rings. The average Bonchev–Trinajstić information content (AvgIpc) is 2.33. The van der Waals surface area contributed by atoms with Gasteiger partial charge in [0.1, 0.15) is 17.8 Å². The highest BCUT2D eigenvalue weighted by Gasteiger charge is 2.45. The maximum atomic E-state index is 11.9. The number of hydrogen-bond donors (Lipinski definition) is 1. The monoisotopic (exact) mass is 234 g/mol. The first-order chi connectivity index (χ1) is 7.97. The minimum atomic E-state index is -0.712. The first-order valence-electron chi connectivity index (χ1n) is 4.94. The van der Waals surface area contributed by atoms with E-state index in [1.165, 1.54) is 25.1 Å². The fourth-order valence-corrected chi connectivity index (χ4v) is 1.95. The quantitative estimate of drug-likeness (QED) is 0.583. The summed E-state index contributed by atoms with van der Waals surface area (Å²) in [5, 5.41) is 11.2. The zero-order valence-corrected chi connectivity index (χ0v) is 9.30. The van der Waals surface area contributed by atoms with Crippen LogP contribution in [0.4, 0.5) is 4.79 Å². The molecule has 2 heterocycles. The lowest BCUT2D eigenvalue weighted by Crippen LogP contribution is -2.65. The van der Waals surface area contributed by atoms with Gasteiger partial charge in [0.15, 0.2) is 0 Å². The third kappa shape index (κ3) is 1.45. The van der Waals surface area contributed by atoms with E-state index < -0.39 is 29.9 Å². The molecule has 7 nitrogen and oxygen atoms in total. The Morgan fingerprint density at radius 2 is 2.00 bits per heavy atom. The molecule has 0 radical (unpaired) electrons. The highest BCUT2D eigenvalue weighted by molar-refractivity contribution is 6.04. The van der Waals surface area contributed by atoms with E-state index in [-0.39, 0.29) is 5.57 Å². The van der Waals surface area contributed by atoms with Crippen LogP contribution in [0.25, 0.3) is 0 Å². The van der Waals surface area contributed by atoms with E-state index in [4.69, 9.17) is 5.26 Å². The van der Waals surface area contributed by atoms with Gasteiger partial charge in [0, 0.05) is 14.1 Å². The molecule has 0 aromatic heterocycles. The summed E-state index contributed by atoms with van der Waals surface area (Å²) in [5.74, 6) is -1.69. The summed E-state index contributed by atoms with van der Waals surface area (Å²) in [6.07, 6.45) is 0.599. The first-order valence-corrected chi connectivity index (χ1v) is 4.94. The van der Waals surface area contributed by atoms with Gasteiger partial charge in [-0.1, -0.05) is 0 Å². The van der Waals surface area contributed by atoms with E-state index >= 15 is 0 Å². The van der Waals surface area contributed by atoms with Crippen molar-refractivity contribution in [3.8, 4) is 6.07 Å². The van der Waals surface area contributed by atoms with Crippen molar-refractivity contribution < 1.29 is 14.4 Å². The summed E-state index contributed by atoms with van der Waals surface area (Å²) in [7, 11) is 2.86. The molecule has 0 aromatic rings. The minimum Gasteiger partial charge on any atom is -0.330 e. The van der Waals surface area contributed by atoms with E-state index in [1.54, 1.807) is 6.07 Å². The van der Waals surface area contributed by atoms with Crippen molar-refractivity contribution in [2.75, 3.05) is 14.1 Å². The number of nitrogens with one attached hydrogen (secondary N) is 1. The number of carbonyl (C=O) groups excluding carboxylic acids is 3. The Kier molecular flexibility index (Phi) is 2.35. The Morgan fingerprint density at radius 1 is 1.35 bits per heavy atom. The topological polar surface area (TPSA) is 93.5 Å². The fraction of sp³-hybridized carbons (Fsp3) is 0.400. The number of nitriles is 1. The van der Waals surface area contributed by atoms with Crippen LogP contribution in [0.15, 0.2) is 11.6 Å². The van der Waals surface area contributed by atoms with Crippen LogP contribution < -0.4 is 5.32 Å². The Hall–Kier alpha value is -2.36. The highest BCUT2D eigenvalue weighted by Crippen LogP contribution is 2.24. The number of urea groups is 1.